The zero-order valence-electron chi connectivity index (χ0n) is 17.2. The smallest absolute Gasteiger partial charge is 0.253 e. The maximum Gasteiger partial charge on any atom is 0.253 e. The number of ether oxygens (including phenoxy) is 1. The molecule has 160 valence electrons. The third-order valence-corrected chi connectivity index (χ3v) is 6.58. The lowest BCUT2D eigenvalue weighted by molar-refractivity contribution is -0.113. The van der Waals surface area contributed by atoms with Gasteiger partial charge in [0, 0.05) is 30.1 Å². The molecule has 30 heavy (non-hydrogen) atoms. The summed E-state index contributed by atoms with van der Waals surface area (Å²) in [4.78, 5) is 15.0. The lowest BCUT2D eigenvalue weighted by atomic mass is 9.90. The van der Waals surface area contributed by atoms with E-state index in [0.717, 1.165) is 62.4 Å². The maximum atomic E-state index is 12.6. The SMILES string of the molecule is C=C(C(=O)Nc1nnc(N)s1)[C@@H]1CCCN(Cc2ccccc2OC2CCCC2)C1. The van der Waals surface area contributed by atoms with Gasteiger partial charge in [0.15, 0.2) is 0 Å². The Labute approximate surface area is 181 Å². The lowest BCUT2D eigenvalue weighted by Crippen LogP contribution is -2.37. The van der Waals surface area contributed by atoms with E-state index in [-0.39, 0.29) is 11.8 Å². The van der Waals surface area contributed by atoms with E-state index < -0.39 is 0 Å². The standard InChI is InChI=1S/C22H29N5O2S/c1-15(20(28)24-22-26-25-21(23)30-22)16-8-6-12-27(13-16)14-17-7-2-5-11-19(17)29-18-9-3-4-10-18/h2,5,7,11,16,18H,1,3-4,6,8-10,12-14H2,(H2,23,25)(H,24,26,28)/t16-/m1/s1. The summed E-state index contributed by atoms with van der Waals surface area (Å²) in [5.41, 5.74) is 7.38. The summed E-state index contributed by atoms with van der Waals surface area (Å²) in [6.07, 6.45) is 7.15. The van der Waals surface area contributed by atoms with Crippen LogP contribution in [0.2, 0.25) is 0 Å². The molecule has 3 N–H and O–H groups in total. The maximum absolute atomic E-state index is 12.6. The molecule has 2 fully saturated rings. The van der Waals surface area contributed by atoms with E-state index in [2.05, 4.69) is 45.2 Å². The predicted octanol–water partition coefficient (Wildman–Crippen LogP) is 3.85. The monoisotopic (exact) mass is 427 g/mol. The molecule has 0 unspecified atom stereocenters. The van der Waals surface area contributed by atoms with Crippen molar-refractivity contribution in [3.63, 3.8) is 0 Å². The van der Waals surface area contributed by atoms with Crippen LogP contribution in [0.4, 0.5) is 10.3 Å². The van der Waals surface area contributed by atoms with Gasteiger partial charge in [0.25, 0.3) is 5.91 Å². The van der Waals surface area contributed by atoms with Crippen molar-refractivity contribution in [3.05, 3.63) is 42.0 Å². The number of piperidine rings is 1. The van der Waals surface area contributed by atoms with Crippen LogP contribution in [0.3, 0.4) is 0 Å². The van der Waals surface area contributed by atoms with Crippen LogP contribution in [-0.4, -0.2) is 40.2 Å². The number of nitrogens with zero attached hydrogens (tertiary/aromatic N) is 3. The first-order chi connectivity index (χ1) is 14.6. The van der Waals surface area contributed by atoms with Gasteiger partial charge in [-0.3, -0.25) is 15.0 Å². The van der Waals surface area contributed by atoms with Crippen LogP contribution in [-0.2, 0) is 11.3 Å². The molecule has 1 aromatic heterocycles. The highest BCUT2D eigenvalue weighted by Crippen LogP contribution is 2.30. The second-order valence-electron chi connectivity index (χ2n) is 8.13. The van der Waals surface area contributed by atoms with Crippen molar-refractivity contribution in [3.8, 4) is 5.75 Å². The van der Waals surface area contributed by atoms with E-state index in [9.17, 15) is 4.79 Å². The van der Waals surface area contributed by atoms with Crippen LogP contribution in [0.15, 0.2) is 36.4 Å². The highest BCUT2D eigenvalue weighted by atomic mass is 32.1. The molecule has 0 bridgehead atoms. The van der Waals surface area contributed by atoms with Crippen molar-refractivity contribution >= 4 is 27.5 Å². The van der Waals surface area contributed by atoms with Crippen LogP contribution < -0.4 is 15.8 Å². The minimum atomic E-state index is -0.206. The number of likely N-dealkylation sites (tertiary alicyclic amines) is 1. The average Bonchev–Trinajstić information content (AvgIpc) is 3.41. The van der Waals surface area contributed by atoms with Gasteiger partial charge in [-0.1, -0.05) is 36.1 Å². The number of carbonyl (C=O) groups is 1. The molecule has 1 aromatic carbocycles. The van der Waals surface area contributed by atoms with Gasteiger partial charge in [-0.25, -0.2) is 0 Å². The van der Waals surface area contributed by atoms with E-state index >= 15 is 0 Å². The molecule has 1 atom stereocenters. The largest absolute Gasteiger partial charge is 0.490 e. The number of rotatable bonds is 7. The fourth-order valence-corrected chi connectivity index (χ4v) is 4.81. The van der Waals surface area contributed by atoms with Crippen molar-refractivity contribution in [2.75, 3.05) is 24.1 Å². The number of aromatic nitrogens is 2. The number of nitrogen functional groups attached to an aromatic ring is 1. The van der Waals surface area contributed by atoms with Crippen molar-refractivity contribution in [1.29, 1.82) is 0 Å². The summed E-state index contributed by atoms with van der Waals surface area (Å²) < 4.78 is 6.30. The van der Waals surface area contributed by atoms with Gasteiger partial charge in [-0.15, -0.1) is 10.2 Å². The fraction of sp³-hybridized carbons (Fsp3) is 0.500. The van der Waals surface area contributed by atoms with E-state index in [0.29, 0.717) is 21.9 Å². The van der Waals surface area contributed by atoms with Gasteiger partial charge in [0.2, 0.25) is 10.3 Å². The van der Waals surface area contributed by atoms with Crippen LogP contribution in [0.25, 0.3) is 0 Å². The van der Waals surface area contributed by atoms with Gasteiger partial charge < -0.3 is 10.5 Å². The first kappa shape index (κ1) is 20.8. The van der Waals surface area contributed by atoms with Gasteiger partial charge in [-0.2, -0.15) is 0 Å². The molecule has 1 aliphatic carbocycles. The number of amides is 1. The van der Waals surface area contributed by atoms with E-state index in [4.69, 9.17) is 10.5 Å². The Hall–Kier alpha value is -2.45. The third kappa shape index (κ3) is 5.17. The Morgan fingerprint density at radius 2 is 2.03 bits per heavy atom. The highest BCUT2D eigenvalue weighted by molar-refractivity contribution is 7.19. The quantitative estimate of drug-likeness (QED) is 0.652. The van der Waals surface area contributed by atoms with Crippen LogP contribution >= 0.6 is 11.3 Å². The lowest BCUT2D eigenvalue weighted by Gasteiger charge is -2.33. The number of para-hydroxylation sites is 1. The van der Waals surface area contributed by atoms with Gasteiger partial charge in [-0.05, 0) is 51.1 Å². The highest BCUT2D eigenvalue weighted by Gasteiger charge is 2.27. The van der Waals surface area contributed by atoms with Gasteiger partial charge in [0.1, 0.15) is 5.75 Å². The van der Waals surface area contributed by atoms with Crippen LogP contribution in [0, 0.1) is 5.92 Å². The van der Waals surface area contributed by atoms with Gasteiger partial charge in [0.05, 0.1) is 6.10 Å². The number of nitrogens with one attached hydrogen (secondary N) is 1. The molecule has 1 saturated heterocycles. The van der Waals surface area contributed by atoms with Crippen molar-refractivity contribution < 1.29 is 9.53 Å². The molecule has 0 spiro atoms. The molecule has 2 heterocycles. The Balaban J connectivity index is 1.36. The van der Waals surface area contributed by atoms with Crippen molar-refractivity contribution in [1.82, 2.24) is 15.1 Å². The summed E-state index contributed by atoms with van der Waals surface area (Å²) in [5, 5.41) is 11.1. The molecule has 2 aromatic rings. The molecule has 8 heteroatoms. The molecule has 2 aliphatic rings. The average molecular weight is 428 g/mol. The summed E-state index contributed by atoms with van der Waals surface area (Å²) in [6.45, 7) is 6.71. The minimum Gasteiger partial charge on any atom is -0.490 e. The topological polar surface area (TPSA) is 93.4 Å². The van der Waals surface area contributed by atoms with E-state index in [1.54, 1.807) is 0 Å². The van der Waals surface area contributed by atoms with E-state index in [1.807, 2.05) is 6.07 Å². The fourth-order valence-electron chi connectivity index (χ4n) is 4.31. The summed E-state index contributed by atoms with van der Waals surface area (Å²) >= 11 is 1.16. The Bertz CT molecular complexity index is 893. The first-order valence-corrected chi connectivity index (χ1v) is 11.5. The minimum absolute atomic E-state index is 0.118. The van der Waals surface area contributed by atoms with Gasteiger partial charge >= 0.3 is 0 Å². The zero-order valence-corrected chi connectivity index (χ0v) is 18.0. The summed E-state index contributed by atoms with van der Waals surface area (Å²) in [5.74, 6) is 0.909. The third-order valence-electron chi connectivity index (χ3n) is 5.91. The molecule has 1 amide bonds. The predicted molar refractivity (Wildman–Crippen MR) is 119 cm³/mol. The molecular formula is C22H29N5O2S. The van der Waals surface area contributed by atoms with Crippen molar-refractivity contribution in [2.45, 2.75) is 51.2 Å². The normalized spacial score (nSPS) is 20.2. The first-order valence-electron chi connectivity index (χ1n) is 10.6. The van der Waals surface area contributed by atoms with Crippen LogP contribution in [0.1, 0.15) is 44.1 Å². The molecule has 4 rings (SSSR count). The second-order valence-corrected chi connectivity index (χ2v) is 9.14. The number of carbonyl (C=O) groups excluding carboxylic acids is 1. The molecule has 1 saturated carbocycles. The number of hydrogen-bond donors (Lipinski definition) is 2. The van der Waals surface area contributed by atoms with E-state index in [1.165, 1.54) is 18.4 Å². The molecule has 7 nitrogen and oxygen atoms in total. The Morgan fingerprint density at radius 3 is 2.80 bits per heavy atom. The number of nitrogens with two attached hydrogens (primary N) is 1. The second kappa shape index (κ2) is 9.57. The number of benzene rings is 1. The summed E-state index contributed by atoms with van der Waals surface area (Å²) in [6, 6.07) is 8.34. The number of hydrogen-bond acceptors (Lipinski definition) is 7. The Kier molecular flexibility index (Phi) is 6.64. The summed E-state index contributed by atoms with van der Waals surface area (Å²) in [7, 11) is 0. The van der Waals surface area contributed by atoms with Crippen LogP contribution in [0.5, 0.6) is 5.75 Å². The molecule has 1 aliphatic heterocycles. The zero-order chi connectivity index (χ0) is 20.9. The molecular weight excluding hydrogens is 398 g/mol. The number of anilines is 2. The van der Waals surface area contributed by atoms with Crippen molar-refractivity contribution in [2.24, 2.45) is 5.92 Å². The Morgan fingerprint density at radius 1 is 1.23 bits per heavy atom. The molecule has 0 radical (unpaired) electrons.